The van der Waals surface area contributed by atoms with E-state index in [4.69, 9.17) is 21.1 Å². The first-order chi connectivity index (χ1) is 15.6. The fraction of sp³-hybridized carbons (Fsp3) is 0.417. The summed E-state index contributed by atoms with van der Waals surface area (Å²) in [5.41, 5.74) is 1.08. The number of hydrogen-bond acceptors (Lipinski definition) is 6. The van der Waals surface area contributed by atoms with Crippen molar-refractivity contribution in [1.82, 2.24) is 9.47 Å². The van der Waals surface area contributed by atoms with Crippen LogP contribution in [0.15, 0.2) is 48.7 Å². The molecule has 2 aliphatic heterocycles. The number of benzene rings is 2. The second-order valence-electron chi connectivity index (χ2n) is 8.54. The summed E-state index contributed by atoms with van der Waals surface area (Å²) in [6, 6.07) is 13.9. The Labute approximate surface area is 192 Å². The van der Waals surface area contributed by atoms with Gasteiger partial charge in [-0.15, -0.1) is 0 Å². The molecule has 170 valence electrons. The highest BCUT2D eigenvalue weighted by molar-refractivity contribution is 6.31. The SMILES string of the molecule is OCC1(CO)COc2c(cccc2N2CCN(CCn3ccc4ccc(Cl)cc43)CC2)O1. The van der Waals surface area contributed by atoms with Crippen LogP contribution in [-0.4, -0.2) is 77.8 Å². The van der Waals surface area contributed by atoms with E-state index in [9.17, 15) is 10.2 Å². The lowest BCUT2D eigenvalue weighted by molar-refractivity contribution is -0.0786. The lowest BCUT2D eigenvalue weighted by Crippen LogP contribution is -2.52. The second-order valence-corrected chi connectivity index (χ2v) is 8.97. The Hall–Kier alpha value is -2.45. The van der Waals surface area contributed by atoms with Gasteiger partial charge in [-0.1, -0.05) is 23.7 Å². The summed E-state index contributed by atoms with van der Waals surface area (Å²) in [5, 5.41) is 21.2. The minimum Gasteiger partial charge on any atom is -0.483 e. The number of nitrogens with zero attached hydrogens (tertiary/aromatic N) is 3. The summed E-state index contributed by atoms with van der Waals surface area (Å²) >= 11 is 6.18. The van der Waals surface area contributed by atoms with Crippen molar-refractivity contribution < 1.29 is 19.7 Å². The zero-order chi connectivity index (χ0) is 22.1. The third-order valence-corrected chi connectivity index (χ3v) is 6.68. The third-order valence-electron chi connectivity index (χ3n) is 6.45. The molecule has 0 spiro atoms. The molecule has 32 heavy (non-hydrogen) atoms. The molecule has 0 bridgehead atoms. The van der Waals surface area contributed by atoms with Gasteiger partial charge in [-0.3, -0.25) is 4.90 Å². The van der Waals surface area contributed by atoms with E-state index in [0.717, 1.165) is 50.0 Å². The van der Waals surface area contributed by atoms with Crippen LogP contribution in [0.3, 0.4) is 0 Å². The highest BCUT2D eigenvalue weighted by Crippen LogP contribution is 2.42. The lowest BCUT2D eigenvalue weighted by Gasteiger charge is -2.40. The number of hydrogen-bond donors (Lipinski definition) is 2. The zero-order valence-corrected chi connectivity index (χ0v) is 18.7. The number of anilines is 1. The van der Waals surface area contributed by atoms with Crippen LogP contribution >= 0.6 is 11.6 Å². The van der Waals surface area contributed by atoms with Crippen LogP contribution in [0.2, 0.25) is 5.02 Å². The van der Waals surface area contributed by atoms with E-state index in [2.05, 4.69) is 32.7 Å². The number of fused-ring (bicyclic) bond motifs is 2. The molecular weight excluding hydrogens is 430 g/mol. The maximum Gasteiger partial charge on any atom is 0.188 e. The first kappa shape index (κ1) is 21.4. The number of aliphatic hydroxyl groups excluding tert-OH is 2. The average molecular weight is 458 g/mol. The van der Waals surface area contributed by atoms with Crippen molar-refractivity contribution in [2.75, 3.05) is 57.4 Å². The van der Waals surface area contributed by atoms with E-state index in [1.165, 1.54) is 10.9 Å². The summed E-state index contributed by atoms with van der Waals surface area (Å²) in [4.78, 5) is 4.79. The molecule has 7 nitrogen and oxygen atoms in total. The predicted octanol–water partition coefficient (Wildman–Crippen LogP) is 2.61. The molecule has 2 aliphatic rings. The van der Waals surface area contributed by atoms with Crippen LogP contribution in [0, 0.1) is 0 Å². The van der Waals surface area contributed by atoms with E-state index < -0.39 is 5.60 Å². The Bertz CT molecular complexity index is 1090. The Morgan fingerprint density at radius 2 is 1.78 bits per heavy atom. The first-order valence-corrected chi connectivity index (χ1v) is 11.4. The van der Waals surface area contributed by atoms with Crippen LogP contribution in [0.5, 0.6) is 11.5 Å². The number of ether oxygens (including phenoxy) is 2. The van der Waals surface area contributed by atoms with Gasteiger partial charge in [0, 0.05) is 56.0 Å². The van der Waals surface area contributed by atoms with Crippen LogP contribution in [0.25, 0.3) is 10.9 Å². The molecule has 1 saturated heterocycles. The smallest absolute Gasteiger partial charge is 0.188 e. The zero-order valence-electron chi connectivity index (χ0n) is 17.9. The number of aliphatic hydroxyl groups is 2. The maximum absolute atomic E-state index is 9.62. The number of rotatable bonds is 6. The normalized spacial score (nSPS) is 18.3. The third kappa shape index (κ3) is 4.01. The second kappa shape index (κ2) is 8.83. The Morgan fingerprint density at radius 3 is 2.56 bits per heavy atom. The molecule has 1 aromatic heterocycles. The van der Waals surface area contributed by atoms with E-state index in [1.54, 1.807) is 0 Å². The van der Waals surface area contributed by atoms with E-state index >= 15 is 0 Å². The number of halogens is 1. The van der Waals surface area contributed by atoms with Crippen molar-refractivity contribution in [2.24, 2.45) is 0 Å². The van der Waals surface area contributed by atoms with Gasteiger partial charge in [0.15, 0.2) is 17.1 Å². The van der Waals surface area contributed by atoms with Crippen LogP contribution < -0.4 is 14.4 Å². The lowest BCUT2D eigenvalue weighted by atomic mass is 10.1. The quantitative estimate of drug-likeness (QED) is 0.593. The molecular formula is C24H28ClN3O4. The highest BCUT2D eigenvalue weighted by atomic mass is 35.5. The summed E-state index contributed by atoms with van der Waals surface area (Å²) < 4.78 is 14.1. The van der Waals surface area contributed by atoms with Gasteiger partial charge >= 0.3 is 0 Å². The number of para-hydroxylation sites is 1. The van der Waals surface area contributed by atoms with Crippen LogP contribution in [-0.2, 0) is 6.54 Å². The molecule has 0 aliphatic carbocycles. The number of piperazine rings is 1. The summed E-state index contributed by atoms with van der Waals surface area (Å²) in [6.07, 6.45) is 2.13. The van der Waals surface area contributed by atoms with Crippen LogP contribution in [0.1, 0.15) is 0 Å². The van der Waals surface area contributed by atoms with E-state index in [-0.39, 0.29) is 19.8 Å². The van der Waals surface area contributed by atoms with Gasteiger partial charge in [-0.05, 0) is 35.7 Å². The molecule has 0 atom stereocenters. The molecule has 0 saturated carbocycles. The fourth-order valence-corrected chi connectivity index (χ4v) is 4.63. The minimum absolute atomic E-state index is 0.124. The molecule has 2 aromatic carbocycles. The first-order valence-electron chi connectivity index (χ1n) is 11.0. The standard InChI is InChI=1S/C24H28ClN3O4/c25-19-5-4-18-6-7-27(21(18)14-19)11-8-26-9-12-28(13-10-26)20-2-1-3-22-23(20)31-17-24(15-29,16-30)32-22/h1-7,14,29-30H,8-13,15-17H2. The van der Waals surface area contributed by atoms with Gasteiger partial charge in [-0.2, -0.15) is 0 Å². The Kier molecular flexibility index (Phi) is 5.90. The van der Waals surface area contributed by atoms with Gasteiger partial charge in [-0.25, -0.2) is 0 Å². The van der Waals surface area contributed by atoms with E-state index in [1.807, 2.05) is 30.3 Å². The average Bonchev–Trinajstić information content (AvgIpc) is 3.24. The highest BCUT2D eigenvalue weighted by Gasteiger charge is 2.38. The molecule has 0 unspecified atom stereocenters. The molecule has 8 heteroatoms. The summed E-state index contributed by atoms with van der Waals surface area (Å²) in [5.74, 6) is 1.26. The topological polar surface area (TPSA) is 70.3 Å². The van der Waals surface area contributed by atoms with Gasteiger partial charge in [0.25, 0.3) is 0 Å². The minimum atomic E-state index is -1.09. The largest absolute Gasteiger partial charge is 0.483 e. The molecule has 0 amide bonds. The van der Waals surface area contributed by atoms with Gasteiger partial charge in [0.05, 0.1) is 18.9 Å². The van der Waals surface area contributed by atoms with Crippen molar-refractivity contribution in [2.45, 2.75) is 12.1 Å². The van der Waals surface area contributed by atoms with Gasteiger partial charge in [0.2, 0.25) is 0 Å². The summed E-state index contributed by atoms with van der Waals surface area (Å²) in [7, 11) is 0. The molecule has 3 aromatic rings. The Balaban J connectivity index is 1.21. The fourth-order valence-electron chi connectivity index (χ4n) is 4.46. The molecule has 0 radical (unpaired) electrons. The Morgan fingerprint density at radius 1 is 0.969 bits per heavy atom. The van der Waals surface area contributed by atoms with Crippen molar-refractivity contribution in [3.63, 3.8) is 0 Å². The van der Waals surface area contributed by atoms with Crippen molar-refractivity contribution >= 4 is 28.2 Å². The van der Waals surface area contributed by atoms with Crippen molar-refractivity contribution in [3.8, 4) is 11.5 Å². The summed E-state index contributed by atoms with van der Waals surface area (Å²) in [6.45, 7) is 5.14. The van der Waals surface area contributed by atoms with Gasteiger partial charge in [0.1, 0.15) is 6.61 Å². The number of aromatic nitrogens is 1. The maximum atomic E-state index is 9.62. The van der Waals surface area contributed by atoms with Crippen molar-refractivity contribution in [1.29, 1.82) is 0 Å². The van der Waals surface area contributed by atoms with Gasteiger partial charge < -0.3 is 29.2 Å². The molecule has 1 fully saturated rings. The predicted molar refractivity (Wildman–Crippen MR) is 125 cm³/mol. The van der Waals surface area contributed by atoms with Crippen LogP contribution in [0.4, 0.5) is 5.69 Å². The van der Waals surface area contributed by atoms with E-state index in [0.29, 0.717) is 11.5 Å². The molecule has 5 rings (SSSR count). The molecule has 2 N–H and O–H groups in total. The monoisotopic (exact) mass is 457 g/mol. The molecule has 3 heterocycles. The van der Waals surface area contributed by atoms with Crippen molar-refractivity contribution in [3.05, 3.63) is 53.7 Å².